The van der Waals surface area contributed by atoms with Gasteiger partial charge in [0.25, 0.3) is 5.69 Å². The quantitative estimate of drug-likeness (QED) is 0.0839. The summed E-state index contributed by atoms with van der Waals surface area (Å²) in [4.78, 5) is 27.7. The second-order valence-electron chi connectivity index (χ2n) is 7.27. The van der Waals surface area contributed by atoms with E-state index in [0.717, 1.165) is 29.5 Å². The van der Waals surface area contributed by atoms with Gasteiger partial charge in [0, 0.05) is 12.6 Å². The number of hydrogen-bond donors (Lipinski definition) is 4. The van der Waals surface area contributed by atoms with Gasteiger partial charge in [0.05, 0.1) is 25.9 Å². The van der Waals surface area contributed by atoms with E-state index in [-0.39, 0.29) is 50.0 Å². The highest BCUT2D eigenvalue weighted by Gasteiger charge is 2.31. The lowest BCUT2D eigenvalue weighted by Crippen LogP contribution is -2.29. The number of thiazole rings is 1. The first kappa shape index (κ1) is 26.9. The van der Waals surface area contributed by atoms with E-state index in [4.69, 9.17) is 23.8 Å². The van der Waals surface area contributed by atoms with Gasteiger partial charge >= 0.3 is 6.18 Å². The van der Waals surface area contributed by atoms with Crippen LogP contribution < -0.4 is 21.3 Å². The van der Waals surface area contributed by atoms with Crippen LogP contribution in [0.5, 0.6) is 0 Å². The molecule has 0 atom stereocenters. The molecule has 2 heterocycles. The van der Waals surface area contributed by atoms with Crippen LogP contribution in [0.2, 0.25) is 5.02 Å². The molecule has 0 aliphatic heterocycles. The van der Waals surface area contributed by atoms with Gasteiger partial charge in [-0.3, -0.25) is 15.4 Å². The van der Waals surface area contributed by atoms with Crippen molar-refractivity contribution in [2.45, 2.75) is 6.18 Å². The van der Waals surface area contributed by atoms with Gasteiger partial charge < -0.3 is 16.0 Å². The number of hydrogen-bond acceptors (Lipinski definition) is 10. The Morgan fingerprint density at radius 1 is 1.13 bits per heavy atom. The fourth-order valence-corrected chi connectivity index (χ4v) is 4.28. The summed E-state index contributed by atoms with van der Waals surface area (Å²) in [6, 6.07) is 7.32. The fraction of sp³-hybridized carbons (Fsp3) is 0.0952. The molecule has 0 unspecified atom stereocenters. The number of thiocarbonyl (C=S) groups is 1. The molecule has 2 aromatic carbocycles. The van der Waals surface area contributed by atoms with Gasteiger partial charge in [-0.15, -0.1) is 6.58 Å². The Morgan fingerprint density at radius 2 is 1.84 bits per heavy atom. The van der Waals surface area contributed by atoms with E-state index in [2.05, 4.69) is 47.8 Å². The highest BCUT2D eigenvalue weighted by molar-refractivity contribution is 7.80. The average molecular weight is 582 g/mol. The Morgan fingerprint density at radius 3 is 2.50 bits per heavy atom. The van der Waals surface area contributed by atoms with Crippen LogP contribution in [0.15, 0.2) is 49.1 Å². The number of nitro benzene ring substituents is 1. The summed E-state index contributed by atoms with van der Waals surface area (Å²) in [5.41, 5.74) is -0.799. The van der Waals surface area contributed by atoms with Gasteiger partial charge in [0.15, 0.2) is 15.8 Å². The molecule has 0 aliphatic carbocycles. The van der Waals surface area contributed by atoms with Crippen molar-refractivity contribution in [2.24, 2.45) is 0 Å². The highest BCUT2D eigenvalue weighted by atomic mass is 35.5. The molecule has 2 aromatic heterocycles. The number of halogens is 4. The molecule has 0 amide bonds. The van der Waals surface area contributed by atoms with E-state index in [1.165, 1.54) is 6.07 Å². The third-order valence-electron chi connectivity index (χ3n) is 4.62. The fourth-order valence-electron chi connectivity index (χ4n) is 3.00. The maximum atomic E-state index is 13.0. The number of nitrogens with zero attached hydrogens (tertiary/aromatic N) is 5. The molecule has 38 heavy (non-hydrogen) atoms. The van der Waals surface area contributed by atoms with Crippen molar-refractivity contribution >= 4 is 84.8 Å². The molecule has 0 bridgehead atoms. The number of nitrogens with one attached hydrogen (secondary N) is 4. The minimum Gasteiger partial charge on any atom is -0.359 e. The molecule has 17 heteroatoms. The largest absolute Gasteiger partial charge is 0.416 e. The standard InChI is InChI=1S/C21H15ClF3N9O2S2/c1-2-8-26-19(37)32-17-29-16(27-12-7-6-10(9-11(12)22)21(23,24)25)30-18(31-17)33-20-28-15-13(34(35)36)4-3-5-14(15)38-20/h2-7,9H,1,8H2,(H4,26,27,28,29,30,31,32,33,37). The lowest BCUT2D eigenvalue weighted by Gasteiger charge is -2.13. The predicted molar refractivity (Wildman–Crippen MR) is 144 cm³/mol. The molecule has 0 radical (unpaired) electrons. The molecular formula is C21H15ClF3N9O2S2. The molecule has 0 aliphatic rings. The number of non-ortho nitro benzene ring substituents is 1. The Labute approximate surface area is 226 Å². The van der Waals surface area contributed by atoms with Crippen LogP contribution in [-0.2, 0) is 6.18 Å². The van der Waals surface area contributed by atoms with Gasteiger partial charge in [0.1, 0.15) is 0 Å². The molecule has 0 fully saturated rings. The van der Waals surface area contributed by atoms with E-state index >= 15 is 0 Å². The summed E-state index contributed by atoms with van der Waals surface area (Å²) in [7, 11) is 0. The van der Waals surface area contributed by atoms with Crippen molar-refractivity contribution in [3.8, 4) is 0 Å². The summed E-state index contributed by atoms with van der Waals surface area (Å²) >= 11 is 12.4. The predicted octanol–water partition coefficient (Wildman–Crippen LogP) is 6.02. The number of fused-ring (bicyclic) bond motifs is 1. The van der Waals surface area contributed by atoms with Crippen LogP contribution >= 0.6 is 35.2 Å². The first-order chi connectivity index (χ1) is 18.0. The van der Waals surface area contributed by atoms with Crippen LogP contribution in [0.25, 0.3) is 10.2 Å². The lowest BCUT2D eigenvalue weighted by molar-refractivity contribution is -0.383. The Bertz CT molecular complexity index is 1550. The summed E-state index contributed by atoms with van der Waals surface area (Å²) < 4.78 is 39.6. The van der Waals surface area contributed by atoms with Crippen molar-refractivity contribution in [1.82, 2.24) is 25.3 Å². The topological polar surface area (TPSA) is 143 Å². The van der Waals surface area contributed by atoms with E-state index in [1.807, 2.05) is 0 Å². The zero-order chi connectivity index (χ0) is 27.4. The number of para-hydroxylation sites is 1. The summed E-state index contributed by atoms with van der Waals surface area (Å²) in [5.74, 6) is -0.159. The van der Waals surface area contributed by atoms with Gasteiger partial charge in [0.2, 0.25) is 17.8 Å². The highest BCUT2D eigenvalue weighted by Crippen LogP contribution is 2.35. The van der Waals surface area contributed by atoms with Crippen LogP contribution in [0.4, 0.5) is 47.5 Å². The molecule has 4 aromatic rings. The normalized spacial score (nSPS) is 11.2. The number of benzene rings is 2. The SMILES string of the molecule is C=CCNC(=S)Nc1nc(Nc2nc3c([N+](=O)[O-])cccc3s2)nc(Nc2ccc(C(F)(F)F)cc2Cl)n1. The molecule has 0 spiro atoms. The Kier molecular flexibility index (Phi) is 7.84. The first-order valence-corrected chi connectivity index (χ1v) is 12.0. The van der Waals surface area contributed by atoms with E-state index in [0.29, 0.717) is 11.2 Å². The van der Waals surface area contributed by atoms with E-state index in [1.54, 1.807) is 18.2 Å². The Balaban J connectivity index is 1.67. The van der Waals surface area contributed by atoms with E-state index in [9.17, 15) is 23.3 Å². The van der Waals surface area contributed by atoms with Crippen molar-refractivity contribution in [3.05, 3.63) is 69.8 Å². The Hall–Kier alpha value is -4.15. The number of aromatic nitrogens is 4. The minimum absolute atomic E-state index is 0.0262. The molecule has 0 saturated heterocycles. The summed E-state index contributed by atoms with van der Waals surface area (Å²) in [6.07, 6.45) is -2.98. The van der Waals surface area contributed by atoms with Crippen LogP contribution in [-0.4, -0.2) is 36.5 Å². The first-order valence-electron chi connectivity index (χ1n) is 10.4. The second kappa shape index (κ2) is 11.1. The molecule has 0 saturated carbocycles. The van der Waals surface area contributed by atoms with Crippen LogP contribution in [0, 0.1) is 10.1 Å². The zero-order valence-electron chi connectivity index (χ0n) is 18.8. The lowest BCUT2D eigenvalue weighted by atomic mass is 10.2. The second-order valence-corrected chi connectivity index (χ2v) is 9.12. The van der Waals surface area contributed by atoms with Crippen molar-refractivity contribution in [3.63, 3.8) is 0 Å². The van der Waals surface area contributed by atoms with Gasteiger partial charge in [-0.2, -0.15) is 28.1 Å². The number of nitro groups is 1. The summed E-state index contributed by atoms with van der Waals surface area (Å²) in [6.45, 7) is 3.94. The molecule has 4 rings (SSSR count). The third kappa shape index (κ3) is 6.39. The minimum atomic E-state index is -4.57. The van der Waals surface area contributed by atoms with Gasteiger partial charge in [-0.25, -0.2) is 4.98 Å². The maximum absolute atomic E-state index is 13.0. The molecule has 196 valence electrons. The van der Waals surface area contributed by atoms with Crippen LogP contribution in [0.3, 0.4) is 0 Å². The van der Waals surface area contributed by atoms with Crippen molar-refractivity contribution < 1.29 is 18.1 Å². The molecular weight excluding hydrogens is 567 g/mol. The molecule has 4 N–H and O–H groups in total. The zero-order valence-corrected chi connectivity index (χ0v) is 21.2. The van der Waals surface area contributed by atoms with Crippen molar-refractivity contribution in [2.75, 3.05) is 22.5 Å². The van der Waals surface area contributed by atoms with Crippen LogP contribution in [0.1, 0.15) is 5.56 Å². The third-order valence-corrected chi connectivity index (χ3v) is 6.12. The molecule has 11 nitrogen and oxygen atoms in total. The summed E-state index contributed by atoms with van der Waals surface area (Å²) in [5, 5.41) is 22.8. The average Bonchev–Trinajstić information content (AvgIpc) is 3.25. The van der Waals surface area contributed by atoms with Gasteiger partial charge in [-0.05, 0) is 36.5 Å². The monoisotopic (exact) mass is 581 g/mol. The smallest absolute Gasteiger partial charge is 0.359 e. The van der Waals surface area contributed by atoms with Gasteiger partial charge in [-0.1, -0.05) is 35.1 Å². The van der Waals surface area contributed by atoms with Crippen molar-refractivity contribution in [1.29, 1.82) is 0 Å². The number of anilines is 5. The van der Waals surface area contributed by atoms with E-state index < -0.39 is 16.7 Å². The maximum Gasteiger partial charge on any atom is 0.416 e. The number of alkyl halides is 3. The number of rotatable bonds is 8.